The summed E-state index contributed by atoms with van der Waals surface area (Å²) in [6, 6.07) is 0. The number of likely N-dealkylation sites (N-methyl/N-ethyl adjacent to an activating group) is 1. The van der Waals surface area contributed by atoms with Crippen molar-refractivity contribution in [2.24, 2.45) is 5.92 Å². The van der Waals surface area contributed by atoms with Crippen LogP contribution in [0.5, 0.6) is 0 Å². The van der Waals surface area contributed by atoms with Gasteiger partial charge in [-0.2, -0.15) is 11.8 Å². The number of hydrogen-bond donors (Lipinski definition) is 1. The van der Waals surface area contributed by atoms with Crippen LogP contribution in [0.4, 0.5) is 0 Å². The maximum absolute atomic E-state index is 12.3. The van der Waals surface area contributed by atoms with Crippen LogP contribution in [0, 0.1) is 5.92 Å². The molecule has 2 rings (SSSR count). The zero-order valence-electron chi connectivity index (χ0n) is 11.2. The number of esters is 1. The fourth-order valence-corrected chi connectivity index (χ4v) is 3.66. The van der Waals surface area contributed by atoms with Crippen molar-refractivity contribution in [2.45, 2.75) is 37.5 Å². The minimum atomic E-state index is -0.467. The summed E-state index contributed by atoms with van der Waals surface area (Å²) >= 11 is 1.84. The van der Waals surface area contributed by atoms with Crippen LogP contribution in [0.1, 0.15) is 26.7 Å². The van der Waals surface area contributed by atoms with Gasteiger partial charge >= 0.3 is 5.97 Å². The van der Waals surface area contributed by atoms with Gasteiger partial charge in [-0.05, 0) is 32.2 Å². The van der Waals surface area contributed by atoms with E-state index in [4.69, 9.17) is 9.47 Å². The van der Waals surface area contributed by atoms with E-state index in [1.54, 1.807) is 0 Å². The number of hydrogen-bond acceptors (Lipinski definition) is 5. The van der Waals surface area contributed by atoms with Gasteiger partial charge in [-0.15, -0.1) is 0 Å². The molecule has 1 atom stereocenters. The number of rotatable bonds is 8. The van der Waals surface area contributed by atoms with Crippen LogP contribution in [-0.4, -0.2) is 48.9 Å². The first-order valence-corrected chi connectivity index (χ1v) is 7.89. The summed E-state index contributed by atoms with van der Waals surface area (Å²) in [4.78, 5) is 12.3. The molecule has 2 aliphatic rings. The molecule has 2 fully saturated rings. The smallest absolute Gasteiger partial charge is 0.327 e. The molecule has 4 nitrogen and oxygen atoms in total. The van der Waals surface area contributed by atoms with E-state index in [9.17, 15) is 4.79 Å². The average molecular weight is 273 g/mol. The molecule has 1 heterocycles. The Hall–Kier alpha value is -0.260. The highest BCUT2D eigenvalue weighted by atomic mass is 32.2. The molecule has 0 aromatic heterocycles. The Labute approximate surface area is 113 Å². The molecule has 0 radical (unpaired) electrons. The second-order valence-electron chi connectivity index (χ2n) is 4.97. The molecule has 0 bridgehead atoms. The molecular weight excluding hydrogens is 250 g/mol. The molecule has 104 valence electrons. The van der Waals surface area contributed by atoms with Crippen LogP contribution < -0.4 is 5.32 Å². The number of carbonyl (C=O) groups is 1. The summed E-state index contributed by atoms with van der Waals surface area (Å²) in [6.07, 6.45) is 2.26. The van der Waals surface area contributed by atoms with Gasteiger partial charge in [0.1, 0.15) is 5.54 Å². The van der Waals surface area contributed by atoms with Crippen molar-refractivity contribution in [2.75, 3.05) is 32.1 Å². The van der Waals surface area contributed by atoms with E-state index >= 15 is 0 Å². The fourth-order valence-electron chi connectivity index (χ4n) is 2.32. The molecule has 0 aromatic rings. The summed E-state index contributed by atoms with van der Waals surface area (Å²) in [6.45, 7) is 6.82. The highest BCUT2D eigenvalue weighted by Crippen LogP contribution is 2.43. The summed E-state index contributed by atoms with van der Waals surface area (Å²) in [7, 11) is 0. The summed E-state index contributed by atoms with van der Waals surface area (Å²) in [5, 5.41) is 3.96. The van der Waals surface area contributed by atoms with Gasteiger partial charge in [-0.25, -0.2) is 0 Å². The van der Waals surface area contributed by atoms with Crippen molar-refractivity contribution in [3.63, 3.8) is 0 Å². The van der Waals surface area contributed by atoms with Gasteiger partial charge in [-0.3, -0.25) is 4.79 Å². The predicted octanol–water partition coefficient (Wildman–Crippen LogP) is 1.44. The summed E-state index contributed by atoms with van der Waals surface area (Å²) < 4.78 is 10.5. The SMILES string of the molecule is CCNC(CSC1COC1)(C(=O)OCC)C1CC1. The van der Waals surface area contributed by atoms with Gasteiger partial charge in [-0.1, -0.05) is 6.92 Å². The molecular formula is C13H23NO3S. The Kier molecular flexibility index (Phi) is 4.92. The molecule has 1 aliphatic carbocycles. The standard InChI is InChI=1S/C13H23NO3S/c1-3-14-13(10-5-6-10,12(15)17-4-2)9-18-11-7-16-8-11/h10-11,14H,3-9H2,1-2H3. The largest absolute Gasteiger partial charge is 0.465 e. The lowest BCUT2D eigenvalue weighted by Crippen LogP contribution is -2.57. The van der Waals surface area contributed by atoms with Crippen LogP contribution in [0.15, 0.2) is 0 Å². The van der Waals surface area contributed by atoms with E-state index in [0.29, 0.717) is 17.8 Å². The zero-order chi connectivity index (χ0) is 13.0. The first-order valence-electron chi connectivity index (χ1n) is 6.84. The third-order valence-corrected chi connectivity index (χ3v) is 4.93. The summed E-state index contributed by atoms with van der Waals surface area (Å²) in [5.41, 5.74) is -0.467. The molecule has 5 heteroatoms. The van der Waals surface area contributed by atoms with Crippen molar-refractivity contribution in [1.29, 1.82) is 0 Å². The Bertz CT molecular complexity index is 292. The van der Waals surface area contributed by atoms with Gasteiger partial charge in [0.25, 0.3) is 0 Å². The first kappa shape index (κ1) is 14.2. The third kappa shape index (κ3) is 3.00. The Morgan fingerprint density at radius 1 is 1.44 bits per heavy atom. The average Bonchev–Trinajstić information content (AvgIpc) is 3.10. The number of carbonyl (C=O) groups excluding carboxylic acids is 1. The van der Waals surface area contributed by atoms with Crippen LogP contribution >= 0.6 is 11.8 Å². The Morgan fingerprint density at radius 3 is 2.61 bits per heavy atom. The molecule has 1 N–H and O–H groups in total. The van der Waals surface area contributed by atoms with Gasteiger partial charge in [0.2, 0.25) is 0 Å². The minimum Gasteiger partial charge on any atom is -0.465 e. The predicted molar refractivity (Wildman–Crippen MR) is 72.8 cm³/mol. The molecule has 1 saturated heterocycles. The molecule has 0 aromatic carbocycles. The van der Waals surface area contributed by atoms with Crippen molar-refractivity contribution in [1.82, 2.24) is 5.32 Å². The van der Waals surface area contributed by atoms with Crippen LogP contribution in [0.2, 0.25) is 0 Å². The highest BCUT2D eigenvalue weighted by molar-refractivity contribution is 8.00. The second-order valence-corrected chi connectivity index (χ2v) is 6.26. The molecule has 18 heavy (non-hydrogen) atoms. The number of nitrogens with one attached hydrogen (secondary N) is 1. The van der Waals surface area contributed by atoms with Gasteiger partial charge < -0.3 is 14.8 Å². The maximum atomic E-state index is 12.3. The van der Waals surface area contributed by atoms with E-state index in [2.05, 4.69) is 5.32 Å². The first-order chi connectivity index (χ1) is 8.73. The Balaban J connectivity index is 2.00. The second kappa shape index (κ2) is 6.26. The van der Waals surface area contributed by atoms with E-state index < -0.39 is 5.54 Å². The molecule has 1 aliphatic heterocycles. The topological polar surface area (TPSA) is 47.6 Å². The molecule has 0 spiro atoms. The van der Waals surface area contributed by atoms with E-state index in [-0.39, 0.29) is 5.97 Å². The Morgan fingerprint density at radius 2 is 2.17 bits per heavy atom. The van der Waals surface area contributed by atoms with E-state index in [0.717, 1.165) is 38.4 Å². The van der Waals surface area contributed by atoms with E-state index in [1.165, 1.54) is 0 Å². The molecule has 1 unspecified atom stereocenters. The maximum Gasteiger partial charge on any atom is 0.327 e. The summed E-state index contributed by atoms with van der Waals surface area (Å²) in [5.74, 6) is 1.19. The monoisotopic (exact) mass is 273 g/mol. The number of ether oxygens (including phenoxy) is 2. The molecule has 1 saturated carbocycles. The van der Waals surface area contributed by atoms with Crippen LogP contribution in [0.3, 0.4) is 0 Å². The van der Waals surface area contributed by atoms with Crippen molar-refractivity contribution >= 4 is 17.7 Å². The van der Waals surface area contributed by atoms with Gasteiger partial charge in [0, 0.05) is 5.75 Å². The quantitative estimate of drug-likeness (QED) is 0.678. The van der Waals surface area contributed by atoms with Gasteiger partial charge in [0.15, 0.2) is 0 Å². The minimum absolute atomic E-state index is 0.0675. The zero-order valence-corrected chi connectivity index (χ0v) is 12.1. The molecule has 0 amide bonds. The van der Waals surface area contributed by atoms with Gasteiger partial charge in [0.05, 0.1) is 25.1 Å². The van der Waals surface area contributed by atoms with Crippen molar-refractivity contribution in [3.05, 3.63) is 0 Å². The lowest BCUT2D eigenvalue weighted by atomic mass is 9.95. The lowest BCUT2D eigenvalue weighted by molar-refractivity contribution is -0.151. The third-order valence-electron chi connectivity index (χ3n) is 3.56. The van der Waals surface area contributed by atoms with Crippen LogP contribution in [0.25, 0.3) is 0 Å². The van der Waals surface area contributed by atoms with E-state index in [1.807, 2.05) is 25.6 Å². The van der Waals surface area contributed by atoms with Crippen LogP contribution in [-0.2, 0) is 14.3 Å². The van der Waals surface area contributed by atoms with Crippen molar-refractivity contribution < 1.29 is 14.3 Å². The highest BCUT2D eigenvalue weighted by Gasteiger charge is 2.51. The lowest BCUT2D eigenvalue weighted by Gasteiger charge is -2.35. The normalized spacial score (nSPS) is 23.2. The fraction of sp³-hybridized carbons (Fsp3) is 0.923. The number of thioether (sulfide) groups is 1. The van der Waals surface area contributed by atoms with Crippen molar-refractivity contribution in [3.8, 4) is 0 Å².